The third kappa shape index (κ3) is 4.45. The van der Waals surface area contributed by atoms with Crippen molar-refractivity contribution >= 4 is 22.7 Å². The minimum Gasteiger partial charge on any atom is -0.496 e. The van der Waals surface area contributed by atoms with E-state index in [-0.39, 0.29) is 11.3 Å². The van der Waals surface area contributed by atoms with Crippen molar-refractivity contribution in [2.45, 2.75) is 48.8 Å². The SMILES string of the molecule is COc1ccc(SC)cc1C(C)(C)CC(O)(Cc1[nH]c2ccccc2c1C#N)C(F)(F)F. The van der Waals surface area contributed by atoms with Gasteiger partial charge in [-0.25, -0.2) is 0 Å². The predicted molar refractivity (Wildman–Crippen MR) is 120 cm³/mol. The van der Waals surface area contributed by atoms with Crippen LogP contribution in [-0.2, 0) is 11.8 Å². The number of halogens is 3. The lowest BCUT2D eigenvalue weighted by atomic mass is 9.73. The number of aromatic nitrogens is 1. The van der Waals surface area contributed by atoms with E-state index in [1.165, 1.54) is 18.9 Å². The van der Waals surface area contributed by atoms with E-state index in [4.69, 9.17) is 4.74 Å². The van der Waals surface area contributed by atoms with E-state index in [1.54, 1.807) is 50.2 Å². The first-order valence-electron chi connectivity index (χ1n) is 9.97. The van der Waals surface area contributed by atoms with Crippen molar-refractivity contribution in [2.24, 2.45) is 0 Å². The van der Waals surface area contributed by atoms with Crippen LogP contribution >= 0.6 is 11.8 Å². The number of benzene rings is 2. The van der Waals surface area contributed by atoms with E-state index in [0.29, 0.717) is 22.2 Å². The van der Waals surface area contributed by atoms with Gasteiger partial charge in [0.25, 0.3) is 0 Å². The van der Waals surface area contributed by atoms with Gasteiger partial charge in [0, 0.05) is 33.5 Å². The van der Waals surface area contributed by atoms with E-state index >= 15 is 0 Å². The fraction of sp³-hybridized carbons (Fsp3) is 0.375. The predicted octanol–water partition coefficient (Wildman–Crippen LogP) is 5.97. The fourth-order valence-electron chi connectivity index (χ4n) is 4.18. The van der Waals surface area contributed by atoms with Crippen LogP contribution in [0.15, 0.2) is 47.4 Å². The van der Waals surface area contributed by atoms with Crippen molar-refractivity contribution in [2.75, 3.05) is 13.4 Å². The maximum absolute atomic E-state index is 14.3. The number of aliphatic hydroxyl groups is 1. The first kappa shape index (κ1) is 24.0. The zero-order chi connectivity index (χ0) is 23.7. The summed E-state index contributed by atoms with van der Waals surface area (Å²) in [5, 5.41) is 21.2. The highest BCUT2D eigenvalue weighted by Crippen LogP contribution is 2.46. The van der Waals surface area contributed by atoms with Gasteiger partial charge in [-0.05, 0) is 42.4 Å². The molecule has 1 aromatic heterocycles. The molecule has 8 heteroatoms. The summed E-state index contributed by atoms with van der Waals surface area (Å²) >= 11 is 1.47. The second-order valence-electron chi connectivity index (χ2n) is 8.47. The lowest BCUT2D eigenvalue weighted by molar-refractivity contribution is -0.266. The van der Waals surface area contributed by atoms with Crippen LogP contribution < -0.4 is 4.74 Å². The van der Waals surface area contributed by atoms with Gasteiger partial charge in [0.2, 0.25) is 0 Å². The average Bonchev–Trinajstić information content (AvgIpc) is 3.08. The van der Waals surface area contributed by atoms with Crippen LogP contribution in [0.25, 0.3) is 10.9 Å². The van der Waals surface area contributed by atoms with Gasteiger partial charge in [-0.3, -0.25) is 0 Å². The summed E-state index contributed by atoms with van der Waals surface area (Å²) < 4.78 is 48.2. The number of nitrogens with one attached hydrogen (secondary N) is 1. The van der Waals surface area contributed by atoms with Crippen molar-refractivity contribution < 1.29 is 23.0 Å². The molecule has 0 aliphatic heterocycles. The van der Waals surface area contributed by atoms with Crippen molar-refractivity contribution in [3.05, 3.63) is 59.3 Å². The van der Waals surface area contributed by atoms with E-state index < -0.39 is 30.0 Å². The van der Waals surface area contributed by atoms with Crippen molar-refractivity contribution in [3.63, 3.8) is 0 Å². The number of ether oxygens (including phenoxy) is 1. The zero-order valence-corrected chi connectivity index (χ0v) is 19.1. The molecule has 0 aliphatic rings. The van der Waals surface area contributed by atoms with Crippen molar-refractivity contribution in [1.29, 1.82) is 5.26 Å². The van der Waals surface area contributed by atoms with Crippen LogP contribution in [-0.4, -0.2) is 35.2 Å². The van der Waals surface area contributed by atoms with Gasteiger partial charge in [0.15, 0.2) is 5.60 Å². The number of nitriles is 1. The molecule has 0 bridgehead atoms. The number of aromatic amines is 1. The van der Waals surface area contributed by atoms with Crippen molar-refractivity contribution in [3.8, 4) is 11.8 Å². The Morgan fingerprint density at radius 3 is 2.44 bits per heavy atom. The van der Waals surface area contributed by atoms with Gasteiger partial charge in [-0.15, -0.1) is 11.8 Å². The summed E-state index contributed by atoms with van der Waals surface area (Å²) in [5.74, 6) is 0.459. The van der Waals surface area contributed by atoms with E-state index in [1.807, 2.05) is 18.4 Å². The quantitative estimate of drug-likeness (QED) is 0.424. The summed E-state index contributed by atoms with van der Waals surface area (Å²) in [7, 11) is 1.47. The van der Waals surface area contributed by atoms with Gasteiger partial charge in [-0.2, -0.15) is 18.4 Å². The van der Waals surface area contributed by atoms with E-state index in [2.05, 4.69) is 4.98 Å². The van der Waals surface area contributed by atoms with Gasteiger partial charge in [0.1, 0.15) is 11.8 Å². The number of hydrogen-bond acceptors (Lipinski definition) is 4. The average molecular weight is 463 g/mol. The second-order valence-corrected chi connectivity index (χ2v) is 9.35. The van der Waals surface area contributed by atoms with Crippen LogP contribution in [0, 0.1) is 11.3 Å². The molecule has 2 N–H and O–H groups in total. The highest BCUT2D eigenvalue weighted by Gasteiger charge is 2.56. The minimum absolute atomic E-state index is 0.0640. The molecule has 4 nitrogen and oxygen atoms in total. The molecular formula is C24H25F3N2O2S. The van der Waals surface area contributed by atoms with Crippen LogP contribution in [0.2, 0.25) is 0 Å². The molecule has 1 unspecified atom stereocenters. The smallest absolute Gasteiger partial charge is 0.417 e. The number of hydrogen-bond donors (Lipinski definition) is 2. The number of alkyl halides is 3. The lowest BCUT2D eigenvalue weighted by Gasteiger charge is -2.38. The van der Waals surface area contributed by atoms with Gasteiger partial charge in [0.05, 0.1) is 12.7 Å². The highest BCUT2D eigenvalue weighted by atomic mass is 32.2. The number of fused-ring (bicyclic) bond motifs is 1. The number of rotatable bonds is 7. The van der Waals surface area contributed by atoms with E-state index in [0.717, 1.165) is 4.90 Å². The number of thioether (sulfide) groups is 1. The van der Waals surface area contributed by atoms with E-state index in [9.17, 15) is 23.5 Å². The van der Waals surface area contributed by atoms with Crippen LogP contribution in [0.1, 0.15) is 37.1 Å². The normalized spacial score (nSPS) is 14.2. The monoisotopic (exact) mass is 462 g/mol. The molecule has 1 heterocycles. The van der Waals surface area contributed by atoms with Gasteiger partial charge < -0.3 is 14.8 Å². The number of methoxy groups -OCH3 is 1. The molecular weight excluding hydrogens is 437 g/mol. The Kier molecular flexibility index (Phi) is 6.55. The molecule has 0 saturated heterocycles. The first-order valence-corrected chi connectivity index (χ1v) is 11.2. The van der Waals surface area contributed by atoms with Gasteiger partial charge >= 0.3 is 6.18 Å². The Bertz CT molecular complexity index is 1160. The third-order valence-electron chi connectivity index (χ3n) is 5.76. The fourth-order valence-corrected chi connectivity index (χ4v) is 4.62. The summed E-state index contributed by atoms with van der Waals surface area (Å²) in [6.45, 7) is 3.31. The van der Waals surface area contributed by atoms with Gasteiger partial charge in [-0.1, -0.05) is 32.0 Å². The summed E-state index contributed by atoms with van der Waals surface area (Å²) in [5.41, 5.74) is -2.84. The Morgan fingerprint density at radius 1 is 1.16 bits per heavy atom. The molecule has 0 amide bonds. The largest absolute Gasteiger partial charge is 0.496 e. The molecule has 3 aromatic rings. The molecule has 1 atom stereocenters. The topological polar surface area (TPSA) is 69.0 Å². The maximum Gasteiger partial charge on any atom is 0.417 e. The standard InChI is InChI=1S/C24H25F3N2O2S/c1-22(2,18-11-15(32-4)9-10-21(18)31-3)14-23(30,24(25,26)27)12-20-17(13-28)16-7-5-6-8-19(16)29-20/h5-11,29-30H,12,14H2,1-4H3. The Morgan fingerprint density at radius 2 is 1.84 bits per heavy atom. The highest BCUT2D eigenvalue weighted by molar-refractivity contribution is 7.98. The zero-order valence-electron chi connectivity index (χ0n) is 18.3. The number of nitrogens with zero attached hydrogens (tertiary/aromatic N) is 1. The Balaban J connectivity index is 2.07. The molecule has 0 fully saturated rings. The number of para-hydroxylation sites is 1. The molecule has 2 aromatic carbocycles. The molecule has 3 rings (SSSR count). The lowest BCUT2D eigenvalue weighted by Crippen LogP contribution is -2.51. The molecule has 0 radical (unpaired) electrons. The summed E-state index contributed by atoms with van der Waals surface area (Å²) in [4.78, 5) is 3.78. The molecule has 32 heavy (non-hydrogen) atoms. The molecule has 0 spiro atoms. The van der Waals surface area contributed by atoms with Crippen LogP contribution in [0.4, 0.5) is 13.2 Å². The Labute approximate surface area is 189 Å². The van der Waals surface area contributed by atoms with Crippen molar-refractivity contribution in [1.82, 2.24) is 4.98 Å². The maximum atomic E-state index is 14.3. The minimum atomic E-state index is -4.92. The van der Waals surface area contributed by atoms with Crippen LogP contribution in [0.3, 0.4) is 0 Å². The van der Waals surface area contributed by atoms with Crippen LogP contribution in [0.5, 0.6) is 5.75 Å². The molecule has 0 saturated carbocycles. The first-order chi connectivity index (χ1) is 15.0. The second kappa shape index (κ2) is 8.72. The molecule has 170 valence electrons. The Hall–Kier alpha value is -2.63. The summed E-state index contributed by atoms with van der Waals surface area (Å²) in [6.07, 6.45) is -4.41. The molecule has 0 aliphatic carbocycles. The summed E-state index contributed by atoms with van der Waals surface area (Å²) in [6, 6.07) is 14.1. The number of H-pyrrole nitrogens is 1. The third-order valence-corrected chi connectivity index (χ3v) is 6.49.